The van der Waals surface area contributed by atoms with E-state index in [2.05, 4.69) is 0 Å². The molecule has 1 heterocycles. The second-order valence-electron chi connectivity index (χ2n) is 9.68. The first-order valence-corrected chi connectivity index (χ1v) is 13.6. The van der Waals surface area contributed by atoms with Gasteiger partial charge in [-0.05, 0) is 42.5 Å². The minimum atomic E-state index is -1.35. The number of esters is 3. The zero-order chi connectivity index (χ0) is 30.9. The number of ether oxygens (including phenoxy) is 5. The first-order valence-electron chi connectivity index (χ1n) is 13.6. The van der Waals surface area contributed by atoms with Crippen LogP contribution in [0.5, 0.6) is 0 Å². The van der Waals surface area contributed by atoms with Gasteiger partial charge in [0.1, 0.15) is 12.7 Å². The number of nitrogens with zero attached hydrogens (tertiary/aromatic N) is 1. The molecule has 1 unspecified atom stereocenters. The highest BCUT2D eigenvalue weighted by molar-refractivity contribution is 5.91. The molecule has 1 aliphatic rings. The van der Waals surface area contributed by atoms with E-state index in [1.54, 1.807) is 97.1 Å². The number of nitro groups is 1. The first-order chi connectivity index (χ1) is 21.4. The molecule has 4 atom stereocenters. The van der Waals surface area contributed by atoms with E-state index in [1.165, 1.54) is 18.2 Å². The predicted molar refractivity (Wildman–Crippen MR) is 155 cm³/mol. The van der Waals surface area contributed by atoms with Gasteiger partial charge in [0, 0.05) is 6.07 Å². The van der Waals surface area contributed by atoms with Gasteiger partial charge >= 0.3 is 17.9 Å². The molecule has 0 radical (unpaired) electrons. The zero-order valence-corrected chi connectivity index (χ0v) is 23.2. The Morgan fingerprint density at radius 2 is 1.14 bits per heavy atom. The number of hydrogen-bond donors (Lipinski definition) is 0. The molecule has 0 aromatic heterocycles. The average Bonchev–Trinajstić information content (AvgIpc) is 3.38. The van der Waals surface area contributed by atoms with E-state index in [4.69, 9.17) is 23.7 Å². The number of rotatable bonds is 11. The molecule has 0 spiro atoms. The van der Waals surface area contributed by atoms with E-state index in [0.29, 0.717) is 5.56 Å². The molecular formula is C33H27NO10. The van der Waals surface area contributed by atoms with Crippen LogP contribution in [0.1, 0.15) is 36.6 Å². The molecule has 1 aliphatic heterocycles. The molecule has 1 saturated heterocycles. The Labute approximate surface area is 252 Å². The highest BCUT2D eigenvalue weighted by Crippen LogP contribution is 2.31. The molecule has 0 N–H and O–H groups in total. The van der Waals surface area contributed by atoms with E-state index in [1.807, 2.05) is 0 Å². The molecule has 0 bridgehead atoms. The lowest BCUT2D eigenvalue weighted by Crippen LogP contribution is -2.42. The number of carbonyl (C=O) groups is 3. The van der Waals surface area contributed by atoms with Crippen LogP contribution in [0, 0.1) is 10.1 Å². The van der Waals surface area contributed by atoms with E-state index < -0.39 is 47.4 Å². The normalized spacial score (nSPS) is 19.1. The van der Waals surface area contributed by atoms with Crippen LogP contribution in [0.15, 0.2) is 115 Å². The Morgan fingerprint density at radius 1 is 0.659 bits per heavy atom. The van der Waals surface area contributed by atoms with Gasteiger partial charge in [-0.15, -0.1) is 0 Å². The van der Waals surface area contributed by atoms with Gasteiger partial charge in [0.2, 0.25) is 0 Å². The maximum Gasteiger partial charge on any atom is 0.338 e. The fourth-order valence-corrected chi connectivity index (χ4v) is 4.56. The lowest BCUT2D eigenvalue weighted by atomic mass is 10.1. The Morgan fingerprint density at radius 3 is 1.68 bits per heavy atom. The van der Waals surface area contributed by atoms with Crippen molar-refractivity contribution in [2.24, 2.45) is 0 Å². The highest BCUT2D eigenvalue weighted by atomic mass is 16.7. The molecule has 4 aromatic rings. The number of nitro benzene ring substituents is 1. The maximum atomic E-state index is 13.2. The van der Waals surface area contributed by atoms with Gasteiger partial charge in [-0.25, -0.2) is 14.4 Å². The molecule has 4 aromatic carbocycles. The van der Waals surface area contributed by atoms with Crippen molar-refractivity contribution in [2.75, 3.05) is 6.61 Å². The number of para-hydroxylation sites is 1. The SMILES string of the molecule is O=C(OC[C@H]1OC(OCc2ccccc2[N+](=O)[O-])[C@H](OC(=O)c2ccccc2)[C@@H]1OC(=O)c1ccccc1)c1ccccc1. The van der Waals surface area contributed by atoms with E-state index in [0.717, 1.165) is 0 Å². The number of carbonyl (C=O) groups excluding carboxylic acids is 3. The molecule has 0 saturated carbocycles. The smallest absolute Gasteiger partial charge is 0.338 e. The maximum absolute atomic E-state index is 13.2. The molecule has 0 amide bonds. The number of benzene rings is 4. The highest BCUT2D eigenvalue weighted by Gasteiger charge is 2.51. The molecule has 44 heavy (non-hydrogen) atoms. The van der Waals surface area contributed by atoms with Gasteiger partial charge in [-0.3, -0.25) is 10.1 Å². The van der Waals surface area contributed by atoms with Crippen molar-refractivity contribution in [3.63, 3.8) is 0 Å². The fourth-order valence-electron chi connectivity index (χ4n) is 4.56. The fraction of sp³-hybridized carbons (Fsp3) is 0.182. The molecule has 11 heteroatoms. The minimum Gasteiger partial charge on any atom is -0.459 e. The summed E-state index contributed by atoms with van der Waals surface area (Å²) >= 11 is 0. The Hall–Kier alpha value is -5.39. The largest absolute Gasteiger partial charge is 0.459 e. The summed E-state index contributed by atoms with van der Waals surface area (Å²) in [6.45, 7) is -0.678. The van der Waals surface area contributed by atoms with E-state index in [-0.39, 0.29) is 35.6 Å². The van der Waals surface area contributed by atoms with Crippen LogP contribution in [-0.2, 0) is 30.3 Å². The minimum absolute atomic E-state index is 0.177. The van der Waals surface area contributed by atoms with Crippen LogP contribution in [0.3, 0.4) is 0 Å². The van der Waals surface area contributed by atoms with Crippen molar-refractivity contribution in [1.29, 1.82) is 0 Å². The van der Waals surface area contributed by atoms with Crippen LogP contribution < -0.4 is 0 Å². The van der Waals surface area contributed by atoms with Gasteiger partial charge in [-0.1, -0.05) is 66.7 Å². The first kappa shape index (κ1) is 30.1. The van der Waals surface area contributed by atoms with Gasteiger partial charge < -0.3 is 23.7 Å². The third-order valence-electron chi connectivity index (χ3n) is 6.75. The van der Waals surface area contributed by atoms with E-state index in [9.17, 15) is 24.5 Å². The van der Waals surface area contributed by atoms with Crippen LogP contribution in [-0.4, -0.2) is 54.0 Å². The van der Waals surface area contributed by atoms with E-state index >= 15 is 0 Å². The van der Waals surface area contributed by atoms with Gasteiger partial charge in [0.05, 0.1) is 33.8 Å². The monoisotopic (exact) mass is 597 g/mol. The Balaban J connectivity index is 1.43. The van der Waals surface area contributed by atoms with Crippen molar-refractivity contribution in [1.82, 2.24) is 0 Å². The van der Waals surface area contributed by atoms with Crippen LogP contribution in [0.25, 0.3) is 0 Å². The van der Waals surface area contributed by atoms with Gasteiger partial charge in [0.25, 0.3) is 5.69 Å². The van der Waals surface area contributed by atoms with Crippen LogP contribution >= 0.6 is 0 Å². The molecule has 1 fully saturated rings. The standard InChI is InChI=1S/C33H27NO10/c35-30(22-12-4-1-5-13-22)40-21-27-28(43-31(36)23-14-6-2-7-15-23)29(44-32(37)24-16-8-3-9-17-24)33(42-27)41-20-25-18-10-11-19-26(25)34(38)39/h1-19,27-29,33H,20-21H2/t27-,28-,29-,33?/m1/s1. The topological polar surface area (TPSA) is 141 Å². The van der Waals surface area contributed by atoms with Crippen molar-refractivity contribution < 1.29 is 43.0 Å². The summed E-state index contributed by atoms with van der Waals surface area (Å²) in [5.41, 5.74) is 0.802. The molecule has 5 rings (SSSR count). The lowest BCUT2D eigenvalue weighted by molar-refractivity contribution is -0.386. The third kappa shape index (κ3) is 7.33. The molecule has 224 valence electrons. The third-order valence-corrected chi connectivity index (χ3v) is 6.75. The van der Waals surface area contributed by atoms with Crippen molar-refractivity contribution >= 4 is 23.6 Å². The van der Waals surface area contributed by atoms with Gasteiger partial charge in [0.15, 0.2) is 18.5 Å². The second kappa shape index (κ2) is 14.2. The molecule has 11 nitrogen and oxygen atoms in total. The molecular weight excluding hydrogens is 570 g/mol. The van der Waals surface area contributed by atoms with Crippen molar-refractivity contribution in [3.8, 4) is 0 Å². The van der Waals surface area contributed by atoms with Crippen LogP contribution in [0.2, 0.25) is 0 Å². The van der Waals surface area contributed by atoms with Crippen molar-refractivity contribution in [2.45, 2.75) is 31.2 Å². The summed E-state index contributed by atoms with van der Waals surface area (Å²) in [5, 5.41) is 11.6. The summed E-state index contributed by atoms with van der Waals surface area (Å²) in [7, 11) is 0. The summed E-state index contributed by atoms with van der Waals surface area (Å²) < 4.78 is 29.1. The predicted octanol–water partition coefficient (Wildman–Crippen LogP) is 5.14. The lowest BCUT2D eigenvalue weighted by Gasteiger charge is -2.24. The summed E-state index contributed by atoms with van der Waals surface area (Å²) in [6.07, 6.45) is -5.09. The summed E-state index contributed by atoms with van der Waals surface area (Å²) in [6, 6.07) is 30.5. The quantitative estimate of drug-likeness (QED) is 0.0987. The number of hydrogen-bond acceptors (Lipinski definition) is 10. The van der Waals surface area contributed by atoms with Crippen LogP contribution in [0.4, 0.5) is 5.69 Å². The Kier molecular flexibility index (Phi) is 9.70. The zero-order valence-electron chi connectivity index (χ0n) is 23.2. The summed E-state index contributed by atoms with van der Waals surface area (Å²) in [5.74, 6) is -2.13. The Bertz CT molecular complexity index is 1600. The van der Waals surface area contributed by atoms with Gasteiger partial charge in [-0.2, -0.15) is 0 Å². The molecule has 0 aliphatic carbocycles. The average molecular weight is 598 g/mol. The van der Waals surface area contributed by atoms with Crippen molar-refractivity contribution in [3.05, 3.63) is 148 Å². The second-order valence-corrected chi connectivity index (χ2v) is 9.68. The summed E-state index contributed by atoms with van der Waals surface area (Å²) in [4.78, 5) is 50.1.